The highest BCUT2D eigenvalue weighted by Gasteiger charge is 2.18. The van der Waals surface area contributed by atoms with Gasteiger partial charge in [-0.1, -0.05) is 48.0 Å². The highest BCUT2D eigenvalue weighted by atomic mass is 32.2. The number of sulfone groups is 1. The Balaban J connectivity index is 1.68. The summed E-state index contributed by atoms with van der Waals surface area (Å²) in [5, 5.41) is 3.49. The monoisotopic (exact) mass is 440 g/mol. The molecule has 0 saturated heterocycles. The first-order valence-corrected chi connectivity index (χ1v) is 12.2. The topological polar surface area (TPSA) is 76.1 Å². The molecule has 5 nitrogen and oxygen atoms in total. The summed E-state index contributed by atoms with van der Waals surface area (Å²) in [6, 6.07) is 18.1. The third-order valence-electron chi connectivity index (χ3n) is 4.58. The third kappa shape index (κ3) is 5.70. The van der Waals surface area contributed by atoms with Crippen molar-refractivity contribution in [1.82, 2.24) is 10.3 Å². The van der Waals surface area contributed by atoms with Gasteiger partial charge in [-0.05, 0) is 43.2 Å². The molecule has 2 aromatic carbocycles. The average molecular weight is 441 g/mol. The first-order chi connectivity index (χ1) is 14.4. The summed E-state index contributed by atoms with van der Waals surface area (Å²) < 4.78 is 25.0. The molecule has 0 unspecified atom stereocenters. The number of carbonyl (C=O) groups is 1. The van der Waals surface area contributed by atoms with Crippen molar-refractivity contribution in [3.63, 3.8) is 0 Å². The van der Waals surface area contributed by atoms with Gasteiger partial charge in [0, 0.05) is 18.5 Å². The molecule has 0 spiro atoms. The number of benzene rings is 2. The van der Waals surface area contributed by atoms with Gasteiger partial charge >= 0.3 is 0 Å². The highest BCUT2D eigenvalue weighted by molar-refractivity contribution is 8.00. The van der Waals surface area contributed by atoms with Gasteiger partial charge in [-0.15, -0.1) is 11.8 Å². The van der Waals surface area contributed by atoms with Crippen molar-refractivity contribution in [1.29, 1.82) is 0 Å². The van der Waals surface area contributed by atoms with Gasteiger partial charge in [-0.25, -0.2) is 13.4 Å². The lowest BCUT2D eigenvalue weighted by Crippen LogP contribution is -2.24. The van der Waals surface area contributed by atoms with Gasteiger partial charge in [0.2, 0.25) is 0 Å². The molecule has 1 heterocycles. The van der Waals surface area contributed by atoms with Crippen LogP contribution in [0.25, 0.3) is 0 Å². The van der Waals surface area contributed by atoms with Crippen LogP contribution < -0.4 is 5.32 Å². The van der Waals surface area contributed by atoms with Crippen LogP contribution in [0.2, 0.25) is 0 Å². The number of aromatic nitrogens is 1. The standard InChI is InChI=1S/C23H24N2O3S2/c1-17-7-6-8-19(15-17)16-25-22(26)21-18(2)11-12-24-23(21)29-13-14-30(27,28)20-9-4-3-5-10-20/h3-12,15H,13-14,16H2,1-2H3,(H,25,26). The second kappa shape index (κ2) is 9.91. The number of amides is 1. The fourth-order valence-electron chi connectivity index (χ4n) is 3.01. The van der Waals surface area contributed by atoms with Crippen molar-refractivity contribution in [2.75, 3.05) is 11.5 Å². The Morgan fingerprint density at radius 3 is 2.53 bits per heavy atom. The summed E-state index contributed by atoms with van der Waals surface area (Å²) in [6.45, 7) is 4.28. The number of nitrogens with one attached hydrogen (secondary N) is 1. The van der Waals surface area contributed by atoms with Crippen molar-refractivity contribution in [2.45, 2.75) is 30.3 Å². The predicted octanol–water partition coefficient (Wildman–Crippen LogP) is 4.19. The van der Waals surface area contributed by atoms with Gasteiger partial charge in [-0.3, -0.25) is 4.79 Å². The van der Waals surface area contributed by atoms with Crippen molar-refractivity contribution in [2.24, 2.45) is 0 Å². The summed E-state index contributed by atoms with van der Waals surface area (Å²) in [6.07, 6.45) is 1.64. The van der Waals surface area contributed by atoms with E-state index in [4.69, 9.17) is 0 Å². The molecule has 0 bridgehead atoms. The molecule has 7 heteroatoms. The van der Waals surface area contributed by atoms with Crippen molar-refractivity contribution in [3.05, 3.63) is 89.1 Å². The van der Waals surface area contributed by atoms with E-state index in [-0.39, 0.29) is 11.7 Å². The maximum absolute atomic E-state index is 12.8. The van der Waals surface area contributed by atoms with Crippen LogP contribution in [0.15, 0.2) is 76.8 Å². The molecule has 0 aliphatic rings. The van der Waals surface area contributed by atoms with Crippen molar-refractivity contribution >= 4 is 27.5 Å². The van der Waals surface area contributed by atoms with E-state index in [0.717, 1.165) is 16.7 Å². The number of pyridine rings is 1. The first-order valence-electron chi connectivity index (χ1n) is 9.57. The minimum Gasteiger partial charge on any atom is -0.348 e. The Kier molecular flexibility index (Phi) is 7.29. The zero-order valence-electron chi connectivity index (χ0n) is 17.0. The van der Waals surface area contributed by atoms with Crippen LogP contribution in [-0.4, -0.2) is 30.8 Å². The molecule has 156 valence electrons. The molecule has 3 aromatic rings. The zero-order chi connectivity index (χ0) is 21.6. The zero-order valence-corrected chi connectivity index (χ0v) is 18.6. The van der Waals surface area contributed by atoms with Gasteiger partial charge < -0.3 is 5.32 Å². The van der Waals surface area contributed by atoms with Crippen molar-refractivity contribution in [3.8, 4) is 0 Å². The molecule has 1 amide bonds. The molecular weight excluding hydrogens is 416 g/mol. The lowest BCUT2D eigenvalue weighted by Gasteiger charge is -2.12. The van der Waals surface area contributed by atoms with E-state index in [1.165, 1.54) is 11.8 Å². The molecule has 1 aromatic heterocycles. The molecule has 0 atom stereocenters. The predicted molar refractivity (Wildman–Crippen MR) is 121 cm³/mol. The Morgan fingerprint density at radius 1 is 1.03 bits per heavy atom. The number of thioether (sulfide) groups is 1. The summed E-state index contributed by atoms with van der Waals surface area (Å²) >= 11 is 1.28. The minimum absolute atomic E-state index is 0.0261. The molecule has 3 rings (SSSR count). The summed E-state index contributed by atoms with van der Waals surface area (Å²) in [5.41, 5.74) is 3.45. The van der Waals surface area contributed by atoms with E-state index in [1.54, 1.807) is 42.6 Å². The Morgan fingerprint density at radius 2 is 1.80 bits per heavy atom. The number of aryl methyl sites for hydroxylation is 2. The number of hydrogen-bond donors (Lipinski definition) is 1. The van der Waals surface area contributed by atoms with Crippen molar-refractivity contribution < 1.29 is 13.2 Å². The maximum Gasteiger partial charge on any atom is 0.254 e. The lowest BCUT2D eigenvalue weighted by atomic mass is 10.1. The fourth-order valence-corrected chi connectivity index (χ4v) is 5.75. The van der Waals surface area contributed by atoms with Crippen LogP contribution in [0.3, 0.4) is 0 Å². The van der Waals surface area contributed by atoms with E-state index in [9.17, 15) is 13.2 Å². The first kappa shape index (κ1) is 22.1. The van der Waals surface area contributed by atoms with Crippen LogP contribution in [-0.2, 0) is 16.4 Å². The number of rotatable bonds is 8. The molecule has 0 fully saturated rings. The Bertz CT molecular complexity index is 1130. The molecule has 0 radical (unpaired) electrons. The molecule has 0 aliphatic carbocycles. The third-order valence-corrected chi connectivity index (χ3v) is 7.56. The summed E-state index contributed by atoms with van der Waals surface area (Å²) in [7, 11) is -3.37. The van der Waals surface area contributed by atoms with Crippen LogP contribution in [0.5, 0.6) is 0 Å². The fraction of sp³-hybridized carbons (Fsp3) is 0.217. The van der Waals surface area contributed by atoms with Crippen LogP contribution in [0, 0.1) is 13.8 Å². The van der Waals surface area contributed by atoms with Gasteiger partial charge in [0.15, 0.2) is 9.84 Å². The second-order valence-corrected chi connectivity index (χ2v) is 10.2. The van der Waals surface area contributed by atoms with E-state index in [1.807, 2.05) is 38.1 Å². The number of hydrogen-bond acceptors (Lipinski definition) is 5. The quantitative estimate of drug-likeness (QED) is 0.532. The van der Waals surface area contributed by atoms with E-state index >= 15 is 0 Å². The molecular formula is C23H24N2O3S2. The van der Waals surface area contributed by atoms with Crippen LogP contribution in [0.4, 0.5) is 0 Å². The normalized spacial score (nSPS) is 11.3. The molecule has 30 heavy (non-hydrogen) atoms. The SMILES string of the molecule is Cc1cccc(CNC(=O)c2c(C)ccnc2SCCS(=O)(=O)c2ccccc2)c1. The lowest BCUT2D eigenvalue weighted by molar-refractivity contribution is 0.0946. The average Bonchev–Trinajstić information content (AvgIpc) is 2.73. The van der Waals surface area contributed by atoms with Gasteiger partial charge in [0.05, 0.1) is 16.2 Å². The van der Waals surface area contributed by atoms with E-state index < -0.39 is 9.84 Å². The number of nitrogens with zero attached hydrogens (tertiary/aromatic N) is 1. The van der Waals surface area contributed by atoms with Gasteiger partial charge in [0.1, 0.15) is 5.03 Å². The Labute approximate surface area is 181 Å². The molecule has 0 aliphatic heterocycles. The summed E-state index contributed by atoms with van der Waals surface area (Å²) in [5.74, 6) is 0.0727. The second-order valence-electron chi connectivity index (χ2n) is 6.96. The number of carbonyl (C=O) groups excluding carboxylic acids is 1. The Hall–Kier alpha value is -2.64. The molecule has 1 N–H and O–H groups in total. The molecule has 0 saturated carbocycles. The smallest absolute Gasteiger partial charge is 0.254 e. The van der Waals surface area contributed by atoms with Gasteiger partial charge in [-0.2, -0.15) is 0 Å². The van der Waals surface area contributed by atoms with Gasteiger partial charge in [0.25, 0.3) is 5.91 Å². The maximum atomic E-state index is 12.8. The van der Waals surface area contributed by atoms with E-state index in [0.29, 0.717) is 27.8 Å². The van der Waals surface area contributed by atoms with Crippen LogP contribution >= 0.6 is 11.8 Å². The minimum atomic E-state index is -3.37. The summed E-state index contributed by atoms with van der Waals surface area (Å²) in [4.78, 5) is 17.5. The van der Waals surface area contributed by atoms with Crippen LogP contribution in [0.1, 0.15) is 27.0 Å². The van der Waals surface area contributed by atoms with E-state index in [2.05, 4.69) is 10.3 Å². The largest absolute Gasteiger partial charge is 0.348 e. The highest BCUT2D eigenvalue weighted by Crippen LogP contribution is 2.24.